The van der Waals surface area contributed by atoms with Gasteiger partial charge >= 0.3 is 5.97 Å². The highest BCUT2D eigenvalue weighted by Gasteiger charge is 2.35. The Morgan fingerprint density at radius 3 is 2.50 bits per heavy atom. The molecule has 1 N–H and O–H groups in total. The molecule has 24 heavy (non-hydrogen) atoms. The minimum absolute atomic E-state index is 0.336. The molecule has 128 valence electrons. The number of aromatic nitrogens is 2. The van der Waals surface area contributed by atoms with Crippen LogP contribution in [0.4, 0.5) is 4.39 Å². The van der Waals surface area contributed by atoms with E-state index in [2.05, 4.69) is 10.4 Å². The highest BCUT2D eigenvalue weighted by atomic mass is 19.1. The zero-order valence-electron chi connectivity index (χ0n) is 14.1. The van der Waals surface area contributed by atoms with Crippen LogP contribution in [0.15, 0.2) is 30.5 Å². The predicted molar refractivity (Wildman–Crippen MR) is 86.4 cm³/mol. The van der Waals surface area contributed by atoms with Crippen molar-refractivity contribution in [3.63, 3.8) is 0 Å². The van der Waals surface area contributed by atoms with Gasteiger partial charge in [-0.3, -0.25) is 4.79 Å². The second-order valence-electron chi connectivity index (χ2n) is 5.66. The summed E-state index contributed by atoms with van der Waals surface area (Å²) in [5, 5.41) is 6.87. The van der Waals surface area contributed by atoms with Gasteiger partial charge in [-0.2, -0.15) is 5.10 Å². The third-order valence-corrected chi connectivity index (χ3v) is 4.06. The lowest BCUT2D eigenvalue weighted by molar-refractivity contribution is -0.147. The standard InChI is InChI=1S/C17H20FN3O3/c1-5-17(3,16(23)24-4)20-15(22)14-10-19-21(11(14)2)13-8-6-12(18)7-9-13/h6-10H,5H2,1-4H3,(H,20,22)/t17-/m0/s1. The number of nitrogens with one attached hydrogen (secondary N) is 1. The van der Waals surface area contributed by atoms with Crippen molar-refractivity contribution in [3.05, 3.63) is 47.5 Å². The van der Waals surface area contributed by atoms with Gasteiger partial charge in [0.1, 0.15) is 11.4 Å². The van der Waals surface area contributed by atoms with E-state index in [9.17, 15) is 14.0 Å². The van der Waals surface area contributed by atoms with E-state index >= 15 is 0 Å². The number of hydrogen-bond donors (Lipinski definition) is 1. The summed E-state index contributed by atoms with van der Waals surface area (Å²) in [6.45, 7) is 5.12. The Balaban J connectivity index is 2.28. The number of esters is 1. The van der Waals surface area contributed by atoms with Gasteiger partial charge in [0, 0.05) is 0 Å². The maximum Gasteiger partial charge on any atom is 0.331 e. The lowest BCUT2D eigenvalue weighted by atomic mass is 9.98. The van der Waals surface area contributed by atoms with Gasteiger partial charge in [0.2, 0.25) is 0 Å². The topological polar surface area (TPSA) is 73.2 Å². The van der Waals surface area contributed by atoms with Gasteiger partial charge < -0.3 is 10.1 Å². The molecule has 0 saturated heterocycles. The Kier molecular flexibility index (Phi) is 5.02. The first-order valence-corrected chi connectivity index (χ1v) is 7.54. The SMILES string of the molecule is CC[C@](C)(NC(=O)c1cnn(-c2ccc(F)cc2)c1C)C(=O)OC. The van der Waals surface area contributed by atoms with E-state index in [-0.39, 0.29) is 5.82 Å². The van der Waals surface area contributed by atoms with Crippen molar-refractivity contribution in [1.29, 1.82) is 0 Å². The maximum atomic E-state index is 13.0. The monoisotopic (exact) mass is 333 g/mol. The summed E-state index contributed by atoms with van der Waals surface area (Å²) in [7, 11) is 1.28. The fraction of sp³-hybridized carbons (Fsp3) is 0.353. The molecule has 6 nitrogen and oxygen atoms in total. The number of rotatable bonds is 5. The van der Waals surface area contributed by atoms with E-state index in [1.807, 2.05) is 0 Å². The Bertz CT molecular complexity index is 755. The molecule has 0 fully saturated rings. The van der Waals surface area contributed by atoms with Crippen LogP contribution in [0.25, 0.3) is 5.69 Å². The lowest BCUT2D eigenvalue weighted by Crippen LogP contribution is -2.52. The normalized spacial score (nSPS) is 13.2. The molecule has 0 radical (unpaired) electrons. The Hall–Kier alpha value is -2.70. The Labute approximate surface area is 139 Å². The van der Waals surface area contributed by atoms with Gasteiger partial charge in [0.25, 0.3) is 5.91 Å². The Morgan fingerprint density at radius 2 is 1.96 bits per heavy atom. The van der Waals surface area contributed by atoms with E-state index in [4.69, 9.17) is 4.74 Å². The molecule has 1 atom stereocenters. The molecule has 0 bridgehead atoms. The predicted octanol–water partition coefficient (Wildman–Crippen LogP) is 2.39. The number of benzene rings is 1. The fourth-order valence-corrected chi connectivity index (χ4v) is 2.30. The number of amides is 1. The zero-order valence-corrected chi connectivity index (χ0v) is 14.1. The number of methoxy groups -OCH3 is 1. The first-order chi connectivity index (χ1) is 11.3. The molecule has 0 unspecified atom stereocenters. The molecule has 1 amide bonds. The van der Waals surface area contributed by atoms with Crippen molar-refractivity contribution in [2.45, 2.75) is 32.7 Å². The fourth-order valence-electron chi connectivity index (χ4n) is 2.30. The highest BCUT2D eigenvalue weighted by molar-refractivity contribution is 5.98. The molecule has 0 aliphatic rings. The summed E-state index contributed by atoms with van der Waals surface area (Å²) in [5.74, 6) is -1.28. The van der Waals surface area contributed by atoms with E-state index in [1.54, 1.807) is 32.9 Å². The molecule has 7 heteroatoms. The van der Waals surface area contributed by atoms with Crippen LogP contribution in [-0.2, 0) is 9.53 Å². The van der Waals surface area contributed by atoms with Crippen LogP contribution < -0.4 is 5.32 Å². The number of carbonyl (C=O) groups excluding carboxylic acids is 2. The first kappa shape index (κ1) is 17.7. The number of ether oxygens (including phenoxy) is 1. The van der Waals surface area contributed by atoms with E-state index < -0.39 is 17.4 Å². The summed E-state index contributed by atoms with van der Waals surface area (Å²) in [4.78, 5) is 24.4. The zero-order chi connectivity index (χ0) is 17.9. The second-order valence-corrected chi connectivity index (χ2v) is 5.66. The molecule has 1 aromatic carbocycles. The molecule has 1 heterocycles. The minimum Gasteiger partial charge on any atom is -0.467 e. The van der Waals surface area contributed by atoms with Crippen LogP contribution in [0.1, 0.15) is 36.3 Å². The number of halogens is 1. The first-order valence-electron chi connectivity index (χ1n) is 7.54. The quantitative estimate of drug-likeness (QED) is 0.853. The molecular formula is C17H20FN3O3. The Morgan fingerprint density at radius 1 is 1.33 bits per heavy atom. The van der Waals surface area contributed by atoms with Gasteiger partial charge in [-0.05, 0) is 44.5 Å². The average molecular weight is 333 g/mol. The summed E-state index contributed by atoms with van der Waals surface area (Å²) < 4.78 is 19.3. The van der Waals surface area contributed by atoms with Crippen LogP contribution in [0.5, 0.6) is 0 Å². The lowest BCUT2D eigenvalue weighted by Gasteiger charge is -2.26. The van der Waals surface area contributed by atoms with E-state index in [0.29, 0.717) is 23.4 Å². The molecule has 0 aliphatic heterocycles. The summed E-state index contributed by atoms with van der Waals surface area (Å²) >= 11 is 0. The number of hydrogen-bond acceptors (Lipinski definition) is 4. The van der Waals surface area contributed by atoms with Crippen molar-refractivity contribution in [3.8, 4) is 5.69 Å². The largest absolute Gasteiger partial charge is 0.467 e. The van der Waals surface area contributed by atoms with Gasteiger partial charge in [0.05, 0.1) is 30.3 Å². The minimum atomic E-state index is -1.11. The number of carbonyl (C=O) groups is 2. The molecular weight excluding hydrogens is 313 g/mol. The van der Waals surface area contributed by atoms with Crippen LogP contribution in [0, 0.1) is 12.7 Å². The van der Waals surface area contributed by atoms with Gasteiger partial charge in [-0.25, -0.2) is 13.9 Å². The van der Waals surface area contributed by atoms with Crippen molar-refractivity contribution in [2.75, 3.05) is 7.11 Å². The molecule has 0 spiro atoms. The van der Waals surface area contributed by atoms with Gasteiger partial charge in [-0.15, -0.1) is 0 Å². The van der Waals surface area contributed by atoms with Crippen molar-refractivity contribution in [1.82, 2.24) is 15.1 Å². The highest BCUT2D eigenvalue weighted by Crippen LogP contribution is 2.17. The molecule has 0 aliphatic carbocycles. The van der Waals surface area contributed by atoms with Crippen molar-refractivity contribution in [2.24, 2.45) is 0 Å². The maximum absolute atomic E-state index is 13.0. The summed E-state index contributed by atoms with van der Waals surface area (Å²) in [6, 6.07) is 5.78. The van der Waals surface area contributed by atoms with Crippen molar-refractivity contribution >= 4 is 11.9 Å². The summed E-state index contributed by atoms with van der Waals surface area (Å²) in [6.07, 6.45) is 1.80. The molecule has 1 aromatic heterocycles. The average Bonchev–Trinajstić information content (AvgIpc) is 2.96. The van der Waals surface area contributed by atoms with Crippen molar-refractivity contribution < 1.29 is 18.7 Å². The van der Waals surface area contributed by atoms with Crippen LogP contribution >= 0.6 is 0 Å². The van der Waals surface area contributed by atoms with Crippen LogP contribution in [0.3, 0.4) is 0 Å². The van der Waals surface area contributed by atoms with Gasteiger partial charge in [-0.1, -0.05) is 6.92 Å². The van der Waals surface area contributed by atoms with E-state index in [1.165, 1.54) is 30.1 Å². The van der Waals surface area contributed by atoms with Crippen LogP contribution in [0.2, 0.25) is 0 Å². The molecule has 0 saturated carbocycles. The van der Waals surface area contributed by atoms with Crippen LogP contribution in [-0.4, -0.2) is 34.3 Å². The summed E-state index contributed by atoms with van der Waals surface area (Å²) in [5.41, 5.74) is 0.445. The van der Waals surface area contributed by atoms with Gasteiger partial charge in [0.15, 0.2) is 0 Å². The molecule has 2 rings (SSSR count). The third-order valence-electron chi connectivity index (χ3n) is 4.06. The molecule has 2 aromatic rings. The van der Waals surface area contributed by atoms with E-state index in [0.717, 1.165) is 0 Å². The second kappa shape index (κ2) is 6.82. The number of nitrogens with zero attached hydrogens (tertiary/aromatic N) is 2. The third kappa shape index (κ3) is 3.29. The smallest absolute Gasteiger partial charge is 0.331 e.